The van der Waals surface area contributed by atoms with Gasteiger partial charge in [0, 0.05) is 10.4 Å². The summed E-state index contributed by atoms with van der Waals surface area (Å²) in [5, 5.41) is 12.1. The lowest BCUT2D eigenvalue weighted by Crippen LogP contribution is -2.28. The summed E-state index contributed by atoms with van der Waals surface area (Å²) in [5.41, 5.74) is 3.16. The summed E-state index contributed by atoms with van der Waals surface area (Å²) in [5.74, 6) is 4.54. The van der Waals surface area contributed by atoms with Gasteiger partial charge in [0.05, 0.1) is 35.3 Å². The van der Waals surface area contributed by atoms with Crippen molar-refractivity contribution in [1.82, 2.24) is 5.32 Å². The number of carboxylic acids is 1. The largest absolute Gasteiger partial charge is 0.478 e. The molecule has 1 aromatic heterocycles. The molecule has 2 aromatic carbocycles. The summed E-state index contributed by atoms with van der Waals surface area (Å²) in [7, 11) is 0. The minimum absolute atomic E-state index is 0.192. The third kappa shape index (κ3) is 4.72. The molecule has 0 bridgehead atoms. The van der Waals surface area contributed by atoms with Gasteiger partial charge >= 0.3 is 5.97 Å². The van der Waals surface area contributed by atoms with Crippen molar-refractivity contribution in [2.24, 2.45) is 0 Å². The average molecular weight is 450 g/mol. The molecule has 0 saturated carbocycles. The maximum Gasteiger partial charge on any atom is 0.335 e. The van der Waals surface area contributed by atoms with Crippen molar-refractivity contribution >= 4 is 23.2 Å². The van der Waals surface area contributed by atoms with Crippen molar-refractivity contribution in [2.45, 2.75) is 26.0 Å². The second-order valence-corrected chi connectivity index (χ2v) is 8.49. The number of benzene rings is 2. The summed E-state index contributed by atoms with van der Waals surface area (Å²) >= 11 is 1.44. The topological polar surface area (TPSA) is 75.6 Å². The molecule has 2 N–H and O–H groups in total. The molecular formula is C25H20FNO4S. The number of nitrogens with one attached hydrogen (secondary N) is 1. The molecule has 0 spiro atoms. The average Bonchev–Trinajstić information content (AvgIpc) is 3.17. The SMILES string of the molecule is C[C@H](NC(=O)c1c(C#Cc2ccc(F)cc2)sc2c1CCOC2)c1ccc(C(=O)O)cc1. The van der Waals surface area contributed by atoms with E-state index in [0.29, 0.717) is 35.6 Å². The molecule has 0 aliphatic carbocycles. The van der Waals surface area contributed by atoms with Crippen molar-refractivity contribution in [3.8, 4) is 11.8 Å². The van der Waals surface area contributed by atoms with Crippen molar-refractivity contribution in [2.75, 3.05) is 6.61 Å². The van der Waals surface area contributed by atoms with Crippen LogP contribution < -0.4 is 5.32 Å². The molecule has 0 radical (unpaired) electrons. The van der Waals surface area contributed by atoms with E-state index in [1.54, 1.807) is 24.3 Å². The predicted molar refractivity (Wildman–Crippen MR) is 119 cm³/mol. The van der Waals surface area contributed by atoms with Crippen LogP contribution in [0, 0.1) is 17.7 Å². The Hall–Kier alpha value is -3.47. The lowest BCUT2D eigenvalue weighted by Gasteiger charge is -2.17. The van der Waals surface area contributed by atoms with Gasteiger partial charge in [-0.25, -0.2) is 9.18 Å². The number of aromatic carboxylic acids is 1. The maximum absolute atomic E-state index is 13.3. The van der Waals surface area contributed by atoms with Crippen LogP contribution in [0.25, 0.3) is 0 Å². The van der Waals surface area contributed by atoms with Crippen molar-refractivity contribution in [3.05, 3.63) is 91.9 Å². The van der Waals surface area contributed by atoms with E-state index in [-0.39, 0.29) is 23.3 Å². The molecular weight excluding hydrogens is 429 g/mol. The number of amides is 1. The number of carbonyl (C=O) groups is 2. The third-order valence-electron chi connectivity index (χ3n) is 5.22. The summed E-state index contributed by atoms with van der Waals surface area (Å²) in [6.45, 7) is 2.84. The zero-order valence-corrected chi connectivity index (χ0v) is 18.1. The summed E-state index contributed by atoms with van der Waals surface area (Å²) in [6, 6.07) is 12.0. The van der Waals surface area contributed by atoms with Crippen LogP contribution in [0.5, 0.6) is 0 Å². The molecule has 1 amide bonds. The molecule has 0 unspecified atom stereocenters. The first-order chi connectivity index (χ1) is 15.4. The zero-order valence-electron chi connectivity index (χ0n) is 17.3. The van der Waals surface area contributed by atoms with E-state index in [0.717, 1.165) is 16.0 Å². The van der Waals surface area contributed by atoms with E-state index in [2.05, 4.69) is 17.2 Å². The standard InChI is InChI=1S/C25H20FNO4S/c1-15(17-5-7-18(8-6-17)25(29)30)27-24(28)23-20-12-13-31-14-22(20)32-21(23)11-4-16-2-9-19(26)10-3-16/h2-3,5-10,15H,12-14H2,1H3,(H,27,28)(H,29,30)/t15-/m0/s1. The summed E-state index contributed by atoms with van der Waals surface area (Å²) in [4.78, 5) is 26.0. The Morgan fingerprint density at radius 3 is 2.53 bits per heavy atom. The van der Waals surface area contributed by atoms with Gasteiger partial charge in [0.2, 0.25) is 0 Å². The Kier molecular flexibility index (Phi) is 6.35. The number of carboxylic acid groups (broad SMARTS) is 1. The predicted octanol–water partition coefficient (Wildman–Crippen LogP) is 4.55. The van der Waals surface area contributed by atoms with Crippen LogP contribution in [0.1, 0.15) is 60.1 Å². The fourth-order valence-corrected chi connectivity index (χ4v) is 4.63. The van der Waals surface area contributed by atoms with Crippen molar-refractivity contribution in [1.29, 1.82) is 0 Å². The van der Waals surface area contributed by atoms with Crippen LogP contribution in [0.2, 0.25) is 0 Å². The number of fused-ring (bicyclic) bond motifs is 1. The van der Waals surface area contributed by atoms with Gasteiger partial charge in [0.1, 0.15) is 5.82 Å². The quantitative estimate of drug-likeness (QED) is 0.573. The van der Waals surface area contributed by atoms with Gasteiger partial charge in [-0.3, -0.25) is 4.79 Å². The molecule has 2 heterocycles. The van der Waals surface area contributed by atoms with Crippen LogP contribution >= 0.6 is 11.3 Å². The number of hydrogen-bond acceptors (Lipinski definition) is 4. The lowest BCUT2D eigenvalue weighted by molar-refractivity contribution is 0.0696. The number of halogens is 1. The van der Waals surface area contributed by atoms with Gasteiger partial charge in [0.15, 0.2) is 0 Å². The molecule has 162 valence electrons. The molecule has 1 atom stereocenters. The first-order valence-corrected chi connectivity index (χ1v) is 10.9. The van der Waals surface area contributed by atoms with Crippen LogP contribution in [-0.2, 0) is 17.8 Å². The van der Waals surface area contributed by atoms with Gasteiger partial charge in [-0.15, -0.1) is 11.3 Å². The summed E-state index contributed by atoms with van der Waals surface area (Å²) < 4.78 is 18.7. The number of rotatable bonds is 4. The molecule has 32 heavy (non-hydrogen) atoms. The highest BCUT2D eigenvalue weighted by atomic mass is 32.1. The number of carbonyl (C=O) groups excluding carboxylic acids is 1. The van der Waals surface area contributed by atoms with Crippen molar-refractivity contribution in [3.63, 3.8) is 0 Å². The van der Waals surface area contributed by atoms with Crippen LogP contribution in [0.15, 0.2) is 48.5 Å². The highest BCUT2D eigenvalue weighted by molar-refractivity contribution is 7.13. The van der Waals surface area contributed by atoms with E-state index in [1.165, 1.54) is 35.6 Å². The van der Waals surface area contributed by atoms with Crippen LogP contribution in [-0.4, -0.2) is 23.6 Å². The fraction of sp³-hybridized carbons (Fsp3) is 0.200. The minimum atomic E-state index is -0.996. The fourth-order valence-electron chi connectivity index (χ4n) is 3.49. The Morgan fingerprint density at radius 1 is 1.12 bits per heavy atom. The highest BCUT2D eigenvalue weighted by Crippen LogP contribution is 2.32. The van der Waals surface area contributed by atoms with E-state index < -0.39 is 5.97 Å². The molecule has 7 heteroatoms. The zero-order chi connectivity index (χ0) is 22.7. The smallest absolute Gasteiger partial charge is 0.335 e. The second kappa shape index (κ2) is 9.35. The van der Waals surface area contributed by atoms with Crippen LogP contribution in [0.3, 0.4) is 0 Å². The highest BCUT2D eigenvalue weighted by Gasteiger charge is 2.26. The third-order valence-corrected chi connectivity index (χ3v) is 6.34. The normalized spacial score (nSPS) is 13.4. The van der Waals surface area contributed by atoms with E-state index in [4.69, 9.17) is 9.84 Å². The number of hydrogen-bond donors (Lipinski definition) is 2. The second-order valence-electron chi connectivity index (χ2n) is 7.39. The molecule has 1 aliphatic rings. The molecule has 3 aromatic rings. The van der Waals surface area contributed by atoms with Gasteiger partial charge in [-0.2, -0.15) is 0 Å². The number of thiophene rings is 1. The van der Waals surface area contributed by atoms with E-state index in [1.807, 2.05) is 6.92 Å². The lowest BCUT2D eigenvalue weighted by atomic mass is 10.0. The molecule has 1 aliphatic heterocycles. The van der Waals surface area contributed by atoms with E-state index >= 15 is 0 Å². The van der Waals surface area contributed by atoms with Crippen molar-refractivity contribution < 1.29 is 23.8 Å². The molecule has 0 fully saturated rings. The van der Waals surface area contributed by atoms with Gasteiger partial charge in [-0.05, 0) is 66.8 Å². The Morgan fingerprint density at radius 2 is 1.84 bits per heavy atom. The summed E-state index contributed by atoms with van der Waals surface area (Å²) in [6.07, 6.45) is 0.633. The monoisotopic (exact) mass is 449 g/mol. The minimum Gasteiger partial charge on any atom is -0.478 e. The van der Waals surface area contributed by atoms with Gasteiger partial charge in [0.25, 0.3) is 5.91 Å². The Labute approximate surface area is 188 Å². The maximum atomic E-state index is 13.3. The number of ether oxygens (including phenoxy) is 1. The van der Waals surface area contributed by atoms with Gasteiger partial charge in [-0.1, -0.05) is 18.1 Å². The Balaban J connectivity index is 1.61. The first-order valence-electron chi connectivity index (χ1n) is 10.1. The van der Waals surface area contributed by atoms with Crippen LogP contribution in [0.4, 0.5) is 4.39 Å². The van der Waals surface area contributed by atoms with Gasteiger partial charge < -0.3 is 15.2 Å². The first kappa shape index (κ1) is 21.8. The molecule has 0 saturated heterocycles. The molecule has 5 nitrogen and oxygen atoms in total. The van der Waals surface area contributed by atoms with E-state index in [9.17, 15) is 14.0 Å². The Bertz CT molecular complexity index is 1220. The molecule has 4 rings (SSSR count).